The molecule has 0 heterocycles. The van der Waals surface area contributed by atoms with E-state index in [1.165, 1.54) is 24.1 Å². The summed E-state index contributed by atoms with van der Waals surface area (Å²) >= 11 is 3.39. The Kier molecular flexibility index (Phi) is 9.63. The molecule has 2 aromatic rings. The minimum absolute atomic E-state index is 0.116. The van der Waals surface area contributed by atoms with Crippen LogP contribution in [0.5, 0.6) is 0 Å². The Balaban J connectivity index is 2.24. The fraction of sp³-hybridized carbons (Fsp3) is 0.417. The molecule has 0 aliphatic carbocycles. The maximum Gasteiger partial charge on any atom is 0.243 e. The van der Waals surface area contributed by atoms with Crippen LogP contribution in [0.25, 0.3) is 0 Å². The molecule has 2 amide bonds. The number of likely N-dealkylation sites (N-methyl/N-ethyl adjacent to an activating group) is 1. The Bertz CT molecular complexity index is 1050. The second-order valence-corrected chi connectivity index (χ2v) is 11.5. The van der Waals surface area contributed by atoms with E-state index in [2.05, 4.69) is 21.2 Å². The molecule has 0 saturated carbocycles. The van der Waals surface area contributed by atoms with Gasteiger partial charge in [-0.1, -0.05) is 59.6 Å². The average Bonchev–Trinajstić information content (AvgIpc) is 2.76. The molecule has 180 valence electrons. The van der Waals surface area contributed by atoms with Gasteiger partial charge in [-0.25, -0.2) is 8.42 Å². The van der Waals surface area contributed by atoms with E-state index >= 15 is 0 Å². The molecule has 0 saturated heterocycles. The fourth-order valence-electron chi connectivity index (χ4n) is 3.08. The molecular weight excluding hydrogens is 506 g/mol. The van der Waals surface area contributed by atoms with Gasteiger partial charge in [0.05, 0.1) is 11.4 Å². The highest BCUT2D eigenvalue weighted by molar-refractivity contribution is 9.10. The number of sulfonamides is 1. The SMILES string of the molecule is Cc1ccc(S(=O)(=O)N(C)CC(=O)N(Cc2ccc(Br)cc2)[C@H](C)C(=O)NCC(C)C)cc1. The highest BCUT2D eigenvalue weighted by atomic mass is 79.9. The average molecular weight is 539 g/mol. The minimum atomic E-state index is -3.85. The molecule has 7 nitrogen and oxygen atoms in total. The Morgan fingerprint density at radius 2 is 1.58 bits per heavy atom. The first-order chi connectivity index (χ1) is 15.4. The summed E-state index contributed by atoms with van der Waals surface area (Å²) in [5, 5.41) is 2.85. The Hall–Kier alpha value is -2.23. The van der Waals surface area contributed by atoms with Crippen molar-refractivity contribution in [3.63, 3.8) is 0 Å². The van der Waals surface area contributed by atoms with E-state index in [9.17, 15) is 18.0 Å². The summed E-state index contributed by atoms with van der Waals surface area (Å²) in [6, 6.07) is 13.1. The first kappa shape index (κ1) is 27.0. The maximum atomic E-state index is 13.3. The zero-order valence-electron chi connectivity index (χ0n) is 19.7. The minimum Gasteiger partial charge on any atom is -0.354 e. The summed E-state index contributed by atoms with van der Waals surface area (Å²) < 4.78 is 27.8. The van der Waals surface area contributed by atoms with Gasteiger partial charge in [0.25, 0.3) is 0 Å². The lowest BCUT2D eigenvalue weighted by Crippen LogP contribution is -2.51. The standard InChI is InChI=1S/C24H32BrN3O4S/c1-17(2)14-26-24(30)19(4)28(15-20-8-10-21(25)11-9-20)23(29)16-27(5)33(31,32)22-12-6-18(3)7-13-22/h6-13,17,19H,14-16H2,1-5H3,(H,26,30)/t19-/m1/s1. The van der Waals surface area contributed by atoms with E-state index in [0.717, 1.165) is 19.9 Å². The second kappa shape index (κ2) is 11.8. The summed E-state index contributed by atoms with van der Waals surface area (Å²) in [6.07, 6.45) is 0. The van der Waals surface area contributed by atoms with Crippen molar-refractivity contribution in [2.45, 2.75) is 45.2 Å². The summed E-state index contributed by atoms with van der Waals surface area (Å²) in [6.45, 7) is 7.79. The van der Waals surface area contributed by atoms with Gasteiger partial charge in [-0.15, -0.1) is 0 Å². The van der Waals surface area contributed by atoms with Gasteiger partial charge < -0.3 is 10.2 Å². The molecule has 0 radical (unpaired) electrons. The van der Waals surface area contributed by atoms with E-state index in [1.54, 1.807) is 19.1 Å². The molecule has 0 spiro atoms. The molecule has 0 bridgehead atoms. The molecule has 0 aliphatic rings. The van der Waals surface area contributed by atoms with Crippen molar-refractivity contribution in [1.29, 1.82) is 0 Å². The smallest absolute Gasteiger partial charge is 0.243 e. The Labute approximate surface area is 205 Å². The number of nitrogens with zero attached hydrogens (tertiary/aromatic N) is 2. The highest BCUT2D eigenvalue weighted by Crippen LogP contribution is 2.17. The van der Waals surface area contributed by atoms with Crippen LogP contribution in [0.1, 0.15) is 31.9 Å². The predicted molar refractivity (Wildman–Crippen MR) is 133 cm³/mol. The summed E-state index contributed by atoms with van der Waals surface area (Å²) in [5.41, 5.74) is 1.77. The third-order valence-electron chi connectivity index (χ3n) is 5.21. The van der Waals surface area contributed by atoms with Crippen molar-refractivity contribution in [3.8, 4) is 0 Å². The number of aryl methyl sites for hydroxylation is 1. The van der Waals surface area contributed by atoms with Crippen LogP contribution in [0.3, 0.4) is 0 Å². The first-order valence-corrected chi connectivity index (χ1v) is 13.0. The van der Waals surface area contributed by atoms with Crippen molar-refractivity contribution in [1.82, 2.24) is 14.5 Å². The predicted octanol–water partition coefficient (Wildman–Crippen LogP) is 3.57. The van der Waals surface area contributed by atoms with Crippen molar-refractivity contribution in [2.75, 3.05) is 20.1 Å². The number of halogens is 1. The van der Waals surface area contributed by atoms with Gasteiger partial charge >= 0.3 is 0 Å². The maximum absolute atomic E-state index is 13.3. The van der Waals surface area contributed by atoms with Crippen LogP contribution in [0, 0.1) is 12.8 Å². The molecular formula is C24H32BrN3O4S. The van der Waals surface area contributed by atoms with E-state index in [0.29, 0.717) is 6.54 Å². The highest BCUT2D eigenvalue weighted by Gasteiger charge is 2.30. The van der Waals surface area contributed by atoms with Crippen molar-refractivity contribution >= 4 is 37.8 Å². The monoisotopic (exact) mass is 537 g/mol. The second-order valence-electron chi connectivity index (χ2n) is 8.54. The van der Waals surface area contributed by atoms with Crippen LogP contribution >= 0.6 is 15.9 Å². The fourth-order valence-corrected chi connectivity index (χ4v) is 4.46. The Morgan fingerprint density at radius 3 is 2.12 bits per heavy atom. The number of rotatable bonds is 10. The molecule has 2 rings (SSSR count). The van der Waals surface area contributed by atoms with Crippen LogP contribution in [-0.4, -0.2) is 55.6 Å². The zero-order valence-corrected chi connectivity index (χ0v) is 22.1. The van der Waals surface area contributed by atoms with Crippen LogP contribution < -0.4 is 5.32 Å². The van der Waals surface area contributed by atoms with Crippen LogP contribution in [0.2, 0.25) is 0 Å². The number of amides is 2. The van der Waals surface area contributed by atoms with Crippen LogP contribution in [0.15, 0.2) is 57.9 Å². The molecule has 1 N–H and O–H groups in total. The molecule has 0 aromatic heterocycles. The molecule has 1 atom stereocenters. The Morgan fingerprint density at radius 1 is 1.00 bits per heavy atom. The molecule has 0 aliphatic heterocycles. The third-order valence-corrected chi connectivity index (χ3v) is 7.55. The quantitative estimate of drug-likeness (QED) is 0.501. The number of hydrogen-bond acceptors (Lipinski definition) is 4. The lowest BCUT2D eigenvalue weighted by Gasteiger charge is -2.30. The van der Waals surface area contributed by atoms with Crippen LogP contribution in [-0.2, 0) is 26.2 Å². The third kappa shape index (κ3) is 7.65. The summed E-state index contributed by atoms with van der Waals surface area (Å²) in [7, 11) is -2.48. The van der Waals surface area contributed by atoms with Crippen molar-refractivity contribution in [2.24, 2.45) is 5.92 Å². The van der Waals surface area contributed by atoms with E-state index in [1.807, 2.05) is 45.0 Å². The van der Waals surface area contributed by atoms with Crippen LogP contribution in [0.4, 0.5) is 0 Å². The number of carbonyl (C=O) groups excluding carboxylic acids is 2. The summed E-state index contributed by atoms with van der Waals surface area (Å²) in [4.78, 5) is 27.5. The van der Waals surface area contributed by atoms with Gasteiger partial charge in [-0.2, -0.15) is 4.31 Å². The molecule has 33 heavy (non-hydrogen) atoms. The van der Waals surface area contributed by atoms with Gasteiger partial charge in [-0.05, 0) is 49.6 Å². The van der Waals surface area contributed by atoms with Gasteiger partial charge in [0.2, 0.25) is 21.8 Å². The van der Waals surface area contributed by atoms with Gasteiger partial charge in [0.1, 0.15) is 6.04 Å². The van der Waals surface area contributed by atoms with Gasteiger partial charge in [0, 0.05) is 24.6 Å². The lowest BCUT2D eigenvalue weighted by molar-refractivity contribution is -0.140. The number of benzene rings is 2. The van der Waals surface area contributed by atoms with Gasteiger partial charge in [0.15, 0.2) is 0 Å². The van der Waals surface area contributed by atoms with E-state index in [4.69, 9.17) is 0 Å². The molecule has 2 aromatic carbocycles. The first-order valence-electron chi connectivity index (χ1n) is 10.8. The van der Waals surface area contributed by atoms with E-state index < -0.39 is 22.0 Å². The summed E-state index contributed by atoms with van der Waals surface area (Å²) in [5.74, 6) is -0.468. The van der Waals surface area contributed by atoms with Crippen molar-refractivity contribution in [3.05, 3.63) is 64.1 Å². The van der Waals surface area contributed by atoms with Crippen molar-refractivity contribution < 1.29 is 18.0 Å². The normalized spacial score (nSPS) is 12.6. The molecule has 0 unspecified atom stereocenters. The lowest BCUT2D eigenvalue weighted by atomic mass is 10.1. The number of carbonyl (C=O) groups is 2. The molecule has 9 heteroatoms. The number of nitrogens with one attached hydrogen (secondary N) is 1. The molecule has 0 fully saturated rings. The zero-order chi connectivity index (χ0) is 24.8. The number of hydrogen-bond donors (Lipinski definition) is 1. The topological polar surface area (TPSA) is 86.8 Å². The van der Waals surface area contributed by atoms with E-state index in [-0.39, 0.29) is 29.8 Å². The largest absolute Gasteiger partial charge is 0.354 e. The van der Waals surface area contributed by atoms with Gasteiger partial charge in [-0.3, -0.25) is 9.59 Å².